The maximum absolute atomic E-state index is 13.9. The van der Waals surface area contributed by atoms with Gasteiger partial charge in [-0.1, -0.05) is 54.6 Å². The molecule has 2 aliphatic rings. The van der Waals surface area contributed by atoms with Gasteiger partial charge in [0.15, 0.2) is 0 Å². The third-order valence-electron chi connectivity index (χ3n) is 7.15. The summed E-state index contributed by atoms with van der Waals surface area (Å²) in [6, 6.07) is 21.3. The molecule has 1 amide bonds. The number of carbonyl (C=O) groups is 1. The second kappa shape index (κ2) is 9.36. The average molecular weight is 442 g/mol. The third kappa shape index (κ3) is 4.64. The number of aromatic amines is 1. The zero-order valence-corrected chi connectivity index (χ0v) is 19.1. The summed E-state index contributed by atoms with van der Waals surface area (Å²) in [5.41, 5.74) is 5.18. The molecular weight excluding hydrogens is 410 g/mol. The van der Waals surface area contributed by atoms with Gasteiger partial charge in [-0.2, -0.15) is 0 Å². The van der Waals surface area contributed by atoms with E-state index in [1.807, 2.05) is 24.0 Å². The zero-order valence-electron chi connectivity index (χ0n) is 19.1. The van der Waals surface area contributed by atoms with E-state index in [4.69, 9.17) is 0 Å². The zero-order chi connectivity index (χ0) is 22.8. The van der Waals surface area contributed by atoms with Crippen molar-refractivity contribution in [1.29, 1.82) is 0 Å². The van der Waals surface area contributed by atoms with E-state index >= 15 is 0 Å². The van der Waals surface area contributed by atoms with Crippen molar-refractivity contribution < 1.29 is 4.79 Å². The molecule has 2 fully saturated rings. The number of aromatic nitrogens is 1. The summed E-state index contributed by atoms with van der Waals surface area (Å²) in [6.45, 7) is 3.95. The van der Waals surface area contributed by atoms with Crippen molar-refractivity contribution in [3.8, 4) is 11.1 Å². The van der Waals surface area contributed by atoms with Crippen LogP contribution in [0.5, 0.6) is 0 Å². The lowest BCUT2D eigenvalue weighted by atomic mass is 9.79. The van der Waals surface area contributed by atoms with Crippen LogP contribution in [0, 0.1) is 12.8 Å². The Morgan fingerprint density at radius 3 is 2.58 bits per heavy atom. The van der Waals surface area contributed by atoms with Crippen LogP contribution >= 0.6 is 0 Å². The quantitative estimate of drug-likeness (QED) is 0.602. The summed E-state index contributed by atoms with van der Waals surface area (Å²) in [5.74, 6) is 0.288. The first-order valence-electron chi connectivity index (χ1n) is 12.0. The minimum atomic E-state index is -0.104. The third-order valence-corrected chi connectivity index (χ3v) is 7.15. The lowest BCUT2D eigenvalue weighted by Crippen LogP contribution is -2.47. The molecule has 0 bridgehead atoms. The lowest BCUT2D eigenvalue weighted by Gasteiger charge is -2.36. The first-order chi connectivity index (χ1) is 16.1. The molecule has 2 N–H and O–H groups in total. The molecule has 2 aromatic carbocycles. The van der Waals surface area contributed by atoms with Crippen LogP contribution in [0.4, 0.5) is 0 Å². The number of pyridine rings is 1. The summed E-state index contributed by atoms with van der Waals surface area (Å²) < 4.78 is 0. The van der Waals surface area contributed by atoms with Crippen LogP contribution in [0.3, 0.4) is 0 Å². The summed E-state index contributed by atoms with van der Waals surface area (Å²) in [5, 5.41) is 3.46. The fourth-order valence-corrected chi connectivity index (χ4v) is 5.03. The number of carbonyl (C=O) groups excluding carboxylic acids is 1. The molecule has 0 radical (unpaired) electrons. The van der Waals surface area contributed by atoms with E-state index < -0.39 is 0 Å². The molecule has 0 unspecified atom stereocenters. The highest BCUT2D eigenvalue weighted by Gasteiger charge is 2.40. The van der Waals surface area contributed by atoms with Crippen LogP contribution in [0.15, 0.2) is 71.7 Å². The Kier molecular flexibility index (Phi) is 6.14. The summed E-state index contributed by atoms with van der Waals surface area (Å²) >= 11 is 0. The molecule has 2 atom stereocenters. The van der Waals surface area contributed by atoms with Gasteiger partial charge in [-0.15, -0.1) is 0 Å². The van der Waals surface area contributed by atoms with Gasteiger partial charge in [0.2, 0.25) is 5.91 Å². The molecule has 170 valence electrons. The lowest BCUT2D eigenvalue weighted by molar-refractivity contribution is -0.138. The van der Waals surface area contributed by atoms with Crippen LogP contribution < -0.4 is 10.9 Å². The van der Waals surface area contributed by atoms with E-state index in [-0.39, 0.29) is 29.3 Å². The Morgan fingerprint density at radius 2 is 1.79 bits per heavy atom. The monoisotopic (exact) mass is 441 g/mol. The molecule has 1 aliphatic heterocycles. The van der Waals surface area contributed by atoms with Crippen molar-refractivity contribution in [3.63, 3.8) is 0 Å². The number of piperidine rings is 1. The highest BCUT2D eigenvalue weighted by Crippen LogP contribution is 2.37. The number of rotatable bonds is 6. The first kappa shape index (κ1) is 21.7. The van der Waals surface area contributed by atoms with E-state index in [2.05, 4.69) is 58.8 Å². The van der Waals surface area contributed by atoms with Crippen LogP contribution in [0.25, 0.3) is 11.1 Å². The SMILES string of the molecule is Cc1c(CN(C(=O)[C@H]2CNCC[C@@H]2c2cccc(-c3ccccc3)c2)C2CC2)cc[nH]c1=O. The van der Waals surface area contributed by atoms with E-state index in [0.717, 1.165) is 31.4 Å². The van der Waals surface area contributed by atoms with Crippen LogP contribution in [0.2, 0.25) is 0 Å². The molecule has 1 saturated carbocycles. The smallest absolute Gasteiger partial charge is 0.251 e. The minimum Gasteiger partial charge on any atom is -0.335 e. The van der Waals surface area contributed by atoms with Gasteiger partial charge in [0.1, 0.15) is 0 Å². The molecule has 5 rings (SSSR count). The molecule has 1 saturated heterocycles. The molecule has 33 heavy (non-hydrogen) atoms. The highest BCUT2D eigenvalue weighted by molar-refractivity contribution is 5.81. The van der Waals surface area contributed by atoms with Crippen molar-refractivity contribution in [2.24, 2.45) is 5.92 Å². The van der Waals surface area contributed by atoms with Gasteiger partial charge in [0.25, 0.3) is 5.56 Å². The molecule has 5 nitrogen and oxygen atoms in total. The minimum absolute atomic E-state index is 0.0781. The van der Waals surface area contributed by atoms with Gasteiger partial charge in [-0.25, -0.2) is 0 Å². The molecule has 1 aromatic heterocycles. The number of benzene rings is 2. The normalized spacial score (nSPS) is 20.4. The molecule has 3 aromatic rings. The van der Waals surface area contributed by atoms with Crippen LogP contribution in [-0.2, 0) is 11.3 Å². The standard InChI is InChI=1S/C28H31N3O2/c1-19-23(12-15-30-27(19)32)18-31(24-10-11-24)28(33)26-17-29-14-13-25(26)22-9-5-8-21(16-22)20-6-3-2-4-7-20/h2-9,12,15-16,24-26,29H,10-11,13-14,17-18H2,1H3,(H,30,32)/t25-,26+/m1/s1. The van der Waals surface area contributed by atoms with Crippen molar-refractivity contribution in [2.75, 3.05) is 13.1 Å². The van der Waals surface area contributed by atoms with Gasteiger partial charge in [-0.05, 0) is 67.0 Å². The van der Waals surface area contributed by atoms with E-state index in [1.54, 1.807) is 6.20 Å². The largest absolute Gasteiger partial charge is 0.335 e. The van der Waals surface area contributed by atoms with Gasteiger partial charge in [-0.3, -0.25) is 9.59 Å². The fraction of sp³-hybridized carbons (Fsp3) is 0.357. The molecule has 2 heterocycles. The summed E-state index contributed by atoms with van der Waals surface area (Å²) in [6.07, 6.45) is 4.71. The Labute approximate surface area is 194 Å². The summed E-state index contributed by atoms with van der Waals surface area (Å²) in [7, 11) is 0. The highest BCUT2D eigenvalue weighted by atomic mass is 16.2. The Balaban J connectivity index is 1.42. The first-order valence-corrected chi connectivity index (χ1v) is 12.0. The second-order valence-electron chi connectivity index (χ2n) is 9.35. The molecular formula is C28H31N3O2. The van der Waals surface area contributed by atoms with Gasteiger partial charge in [0.05, 0.1) is 5.92 Å². The number of hydrogen-bond donors (Lipinski definition) is 2. The van der Waals surface area contributed by atoms with Crippen LogP contribution in [0.1, 0.15) is 41.9 Å². The number of amides is 1. The second-order valence-corrected chi connectivity index (χ2v) is 9.35. The maximum Gasteiger partial charge on any atom is 0.251 e. The average Bonchev–Trinajstić information content (AvgIpc) is 3.70. The molecule has 5 heteroatoms. The van der Waals surface area contributed by atoms with Gasteiger partial charge >= 0.3 is 0 Å². The van der Waals surface area contributed by atoms with E-state index in [9.17, 15) is 9.59 Å². The number of H-pyrrole nitrogens is 1. The molecule has 0 spiro atoms. The molecule has 1 aliphatic carbocycles. The topological polar surface area (TPSA) is 65.2 Å². The van der Waals surface area contributed by atoms with Crippen molar-refractivity contribution in [1.82, 2.24) is 15.2 Å². The predicted octanol–water partition coefficient (Wildman–Crippen LogP) is 4.23. The van der Waals surface area contributed by atoms with Crippen LogP contribution in [-0.4, -0.2) is 34.9 Å². The van der Waals surface area contributed by atoms with Crippen molar-refractivity contribution in [2.45, 2.75) is 44.7 Å². The van der Waals surface area contributed by atoms with Gasteiger partial charge < -0.3 is 15.2 Å². The number of nitrogens with zero attached hydrogens (tertiary/aromatic N) is 1. The predicted molar refractivity (Wildman–Crippen MR) is 131 cm³/mol. The summed E-state index contributed by atoms with van der Waals surface area (Å²) in [4.78, 5) is 30.8. The Morgan fingerprint density at radius 1 is 1.00 bits per heavy atom. The van der Waals surface area contributed by atoms with E-state index in [1.165, 1.54) is 16.7 Å². The Bertz CT molecular complexity index is 1180. The van der Waals surface area contributed by atoms with E-state index in [0.29, 0.717) is 18.7 Å². The van der Waals surface area contributed by atoms with Crippen molar-refractivity contribution >= 4 is 5.91 Å². The Hall–Kier alpha value is -3.18. The fourth-order valence-electron chi connectivity index (χ4n) is 5.03. The number of nitrogens with one attached hydrogen (secondary N) is 2. The number of hydrogen-bond acceptors (Lipinski definition) is 3. The van der Waals surface area contributed by atoms with Crippen molar-refractivity contribution in [3.05, 3.63) is 93.9 Å². The van der Waals surface area contributed by atoms with Gasteiger partial charge in [0, 0.05) is 30.9 Å². The maximum atomic E-state index is 13.9.